The van der Waals surface area contributed by atoms with Gasteiger partial charge in [0.05, 0.1) is 0 Å². The van der Waals surface area contributed by atoms with Gasteiger partial charge in [0.25, 0.3) is 0 Å². The lowest BCUT2D eigenvalue weighted by molar-refractivity contribution is 0.252. The lowest BCUT2D eigenvalue weighted by Gasteiger charge is -2.24. The van der Waals surface area contributed by atoms with Gasteiger partial charge in [0.1, 0.15) is 0 Å². The molecule has 4 heteroatoms. The van der Waals surface area contributed by atoms with Crippen molar-refractivity contribution in [1.29, 1.82) is 0 Å². The van der Waals surface area contributed by atoms with E-state index in [2.05, 4.69) is 61.6 Å². The van der Waals surface area contributed by atoms with E-state index in [4.69, 9.17) is 0 Å². The summed E-state index contributed by atoms with van der Waals surface area (Å²) in [7, 11) is 2.07. The smallest absolute Gasteiger partial charge is 0.319 e. The van der Waals surface area contributed by atoms with Crippen molar-refractivity contribution in [3.05, 3.63) is 59.7 Å². The molecule has 0 fully saturated rings. The normalized spacial score (nSPS) is 11.1. The Bertz CT molecular complexity index is 720. The largest absolute Gasteiger partial charge is 0.375 e. The minimum absolute atomic E-state index is 0.0208. The third-order valence-electron chi connectivity index (χ3n) is 4.47. The van der Waals surface area contributed by atoms with E-state index in [9.17, 15) is 4.79 Å². The highest BCUT2D eigenvalue weighted by Gasteiger charge is 2.20. The van der Waals surface area contributed by atoms with Crippen molar-refractivity contribution in [2.75, 3.05) is 30.4 Å². The zero-order valence-electron chi connectivity index (χ0n) is 16.6. The molecule has 0 aliphatic heterocycles. The fraction of sp³-hybridized carbons (Fsp3) is 0.409. The molecule has 0 atom stereocenters. The lowest BCUT2D eigenvalue weighted by Crippen LogP contribution is -2.32. The van der Waals surface area contributed by atoms with Crippen molar-refractivity contribution >= 4 is 17.4 Å². The number of aryl methyl sites for hydroxylation is 1. The van der Waals surface area contributed by atoms with Gasteiger partial charge in [-0.1, -0.05) is 57.2 Å². The lowest BCUT2D eigenvalue weighted by atomic mass is 9.84. The molecular formula is C22H31N3O. The maximum atomic E-state index is 12.3. The number of carbonyl (C=O) groups is 1. The Balaban J connectivity index is 1.85. The van der Waals surface area contributed by atoms with Crippen LogP contribution in [0.1, 0.15) is 38.3 Å². The summed E-state index contributed by atoms with van der Waals surface area (Å²) >= 11 is 0. The van der Waals surface area contributed by atoms with Crippen LogP contribution in [0.5, 0.6) is 0 Å². The molecule has 0 saturated carbocycles. The van der Waals surface area contributed by atoms with Gasteiger partial charge in [-0.3, -0.25) is 0 Å². The second-order valence-corrected chi connectivity index (χ2v) is 7.74. The number of anilines is 2. The van der Waals surface area contributed by atoms with E-state index in [1.165, 1.54) is 5.69 Å². The zero-order valence-corrected chi connectivity index (χ0v) is 16.6. The Kier molecular flexibility index (Phi) is 6.67. The molecule has 0 aliphatic carbocycles. The highest BCUT2D eigenvalue weighted by atomic mass is 16.2. The molecule has 2 aromatic carbocycles. The van der Waals surface area contributed by atoms with Gasteiger partial charge >= 0.3 is 6.03 Å². The number of nitrogens with zero attached hydrogens (tertiary/aromatic N) is 1. The van der Waals surface area contributed by atoms with Crippen LogP contribution in [0.4, 0.5) is 16.2 Å². The van der Waals surface area contributed by atoms with Gasteiger partial charge in [-0.2, -0.15) is 0 Å². The molecule has 0 heterocycles. The van der Waals surface area contributed by atoms with Crippen LogP contribution in [0.2, 0.25) is 0 Å². The summed E-state index contributed by atoms with van der Waals surface area (Å²) in [6, 6.07) is 16.3. The molecule has 140 valence electrons. The maximum Gasteiger partial charge on any atom is 0.319 e. The van der Waals surface area contributed by atoms with E-state index in [-0.39, 0.29) is 11.4 Å². The molecule has 0 saturated heterocycles. The Hall–Kier alpha value is -2.49. The van der Waals surface area contributed by atoms with E-state index in [1.807, 2.05) is 37.3 Å². The molecule has 4 nitrogen and oxygen atoms in total. The van der Waals surface area contributed by atoms with E-state index in [0.717, 1.165) is 29.8 Å². The standard InChI is InChI=1S/C22H31N3O/c1-17-11-9-14-19(22(2,3)4)20(17)24-21(26)23-15-10-16-25(5)18-12-7-6-8-13-18/h6-9,11-14H,10,15-16H2,1-5H3,(H2,23,24,26). The van der Waals surface area contributed by atoms with Crippen molar-refractivity contribution in [3.8, 4) is 0 Å². The number of nitrogens with one attached hydrogen (secondary N) is 2. The molecule has 0 bridgehead atoms. The third-order valence-corrected chi connectivity index (χ3v) is 4.47. The van der Waals surface area contributed by atoms with Crippen LogP contribution in [0.25, 0.3) is 0 Å². The average Bonchev–Trinajstić information content (AvgIpc) is 2.60. The zero-order chi connectivity index (χ0) is 19.2. The number of urea groups is 1. The van der Waals surface area contributed by atoms with Gasteiger partial charge in [0, 0.05) is 31.5 Å². The number of benzene rings is 2. The van der Waals surface area contributed by atoms with Gasteiger partial charge in [0.15, 0.2) is 0 Å². The van der Waals surface area contributed by atoms with E-state index in [0.29, 0.717) is 6.54 Å². The van der Waals surface area contributed by atoms with Gasteiger partial charge in [-0.15, -0.1) is 0 Å². The minimum atomic E-state index is -0.146. The first-order valence-electron chi connectivity index (χ1n) is 9.20. The minimum Gasteiger partial charge on any atom is -0.375 e. The predicted molar refractivity (Wildman–Crippen MR) is 111 cm³/mol. The average molecular weight is 354 g/mol. The number of rotatable bonds is 6. The van der Waals surface area contributed by atoms with Crippen LogP contribution in [0.15, 0.2) is 48.5 Å². The number of amides is 2. The summed E-state index contributed by atoms with van der Waals surface area (Å²) < 4.78 is 0. The molecule has 2 aromatic rings. The number of para-hydroxylation sites is 2. The van der Waals surface area contributed by atoms with Crippen molar-refractivity contribution in [3.63, 3.8) is 0 Å². The maximum absolute atomic E-state index is 12.3. The Morgan fingerprint density at radius 2 is 1.73 bits per heavy atom. The van der Waals surface area contributed by atoms with Crippen molar-refractivity contribution < 1.29 is 4.79 Å². The summed E-state index contributed by atoms with van der Waals surface area (Å²) in [5.41, 5.74) is 4.31. The van der Waals surface area contributed by atoms with Crippen LogP contribution in [0, 0.1) is 6.92 Å². The SMILES string of the molecule is Cc1cccc(C(C)(C)C)c1NC(=O)NCCCN(C)c1ccccc1. The summed E-state index contributed by atoms with van der Waals surface area (Å²) in [6.45, 7) is 10.0. The molecule has 0 unspecified atom stereocenters. The van der Waals surface area contributed by atoms with Crippen molar-refractivity contribution in [2.24, 2.45) is 0 Å². The van der Waals surface area contributed by atoms with E-state index in [1.54, 1.807) is 0 Å². The molecule has 26 heavy (non-hydrogen) atoms. The molecular weight excluding hydrogens is 322 g/mol. The Morgan fingerprint density at radius 3 is 2.38 bits per heavy atom. The van der Waals surface area contributed by atoms with Gasteiger partial charge in [0.2, 0.25) is 0 Å². The summed E-state index contributed by atoms with van der Waals surface area (Å²) in [5, 5.41) is 6.01. The second-order valence-electron chi connectivity index (χ2n) is 7.74. The van der Waals surface area contributed by atoms with Crippen LogP contribution in [-0.2, 0) is 5.41 Å². The molecule has 0 aromatic heterocycles. The summed E-state index contributed by atoms with van der Waals surface area (Å²) in [5.74, 6) is 0. The van der Waals surface area contributed by atoms with Crippen LogP contribution in [0.3, 0.4) is 0 Å². The molecule has 0 aliphatic rings. The molecule has 0 spiro atoms. The van der Waals surface area contributed by atoms with Gasteiger partial charge < -0.3 is 15.5 Å². The monoisotopic (exact) mass is 353 g/mol. The van der Waals surface area contributed by atoms with E-state index < -0.39 is 0 Å². The van der Waals surface area contributed by atoms with Gasteiger partial charge in [-0.25, -0.2) is 4.79 Å². The third kappa shape index (κ3) is 5.51. The first-order valence-corrected chi connectivity index (χ1v) is 9.20. The number of hydrogen-bond donors (Lipinski definition) is 2. The van der Waals surface area contributed by atoms with Crippen molar-refractivity contribution in [2.45, 2.75) is 39.5 Å². The van der Waals surface area contributed by atoms with Crippen LogP contribution in [-0.4, -0.2) is 26.2 Å². The quantitative estimate of drug-likeness (QED) is 0.722. The van der Waals surface area contributed by atoms with Crippen molar-refractivity contribution in [1.82, 2.24) is 5.32 Å². The second kappa shape index (κ2) is 8.75. The van der Waals surface area contributed by atoms with Crippen LogP contribution >= 0.6 is 0 Å². The Morgan fingerprint density at radius 1 is 1.04 bits per heavy atom. The molecule has 2 rings (SSSR count). The first-order chi connectivity index (χ1) is 12.3. The highest BCUT2D eigenvalue weighted by molar-refractivity contribution is 5.91. The van der Waals surface area contributed by atoms with Crippen LogP contribution < -0.4 is 15.5 Å². The molecule has 0 radical (unpaired) electrons. The number of hydrogen-bond acceptors (Lipinski definition) is 2. The highest BCUT2D eigenvalue weighted by Crippen LogP contribution is 2.31. The first kappa shape index (κ1) is 19.8. The van der Waals surface area contributed by atoms with Gasteiger partial charge in [-0.05, 0) is 42.0 Å². The Labute approximate surface area is 157 Å². The predicted octanol–water partition coefficient (Wildman–Crippen LogP) is 4.94. The molecule has 2 amide bonds. The summed E-state index contributed by atoms with van der Waals surface area (Å²) in [6.07, 6.45) is 0.888. The topological polar surface area (TPSA) is 44.4 Å². The fourth-order valence-corrected chi connectivity index (χ4v) is 2.95. The summed E-state index contributed by atoms with van der Waals surface area (Å²) in [4.78, 5) is 14.5. The number of carbonyl (C=O) groups excluding carboxylic acids is 1. The molecule has 2 N–H and O–H groups in total. The van der Waals surface area contributed by atoms with E-state index >= 15 is 0 Å². The fourth-order valence-electron chi connectivity index (χ4n) is 2.95.